The molecule has 2 rings (SSSR count). The second kappa shape index (κ2) is 7.38. The molecule has 110 valence electrons. The third-order valence-electron chi connectivity index (χ3n) is 3.03. The lowest BCUT2D eigenvalue weighted by molar-refractivity contribution is -0.142. The molecule has 1 aromatic heterocycles. The molecule has 0 radical (unpaired) electrons. The number of benzene rings is 1. The highest BCUT2D eigenvalue weighted by Crippen LogP contribution is 2.04. The van der Waals surface area contributed by atoms with E-state index in [1.54, 1.807) is 18.2 Å². The van der Waals surface area contributed by atoms with Gasteiger partial charge >= 0.3 is 5.97 Å². The van der Waals surface area contributed by atoms with Crippen LogP contribution in [0.2, 0.25) is 0 Å². The van der Waals surface area contributed by atoms with Crippen LogP contribution in [0.4, 0.5) is 0 Å². The Labute approximate surface area is 122 Å². The summed E-state index contributed by atoms with van der Waals surface area (Å²) in [5.41, 5.74) is 0.519. The zero-order chi connectivity index (χ0) is 15.1. The molecule has 0 aliphatic carbocycles. The van der Waals surface area contributed by atoms with Crippen molar-refractivity contribution in [1.29, 1.82) is 0 Å². The fourth-order valence-electron chi connectivity index (χ4n) is 1.93. The average Bonchev–Trinajstić information content (AvgIpc) is 2.51. The minimum Gasteiger partial charge on any atom is -0.461 e. The van der Waals surface area contributed by atoms with Gasteiger partial charge < -0.3 is 4.74 Å². The van der Waals surface area contributed by atoms with Crippen molar-refractivity contribution in [3.63, 3.8) is 0 Å². The molecule has 0 fully saturated rings. The maximum atomic E-state index is 12.2. The van der Waals surface area contributed by atoms with Crippen LogP contribution in [0.25, 0.3) is 10.9 Å². The topological polar surface area (TPSA) is 61.2 Å². The summed E-state index contributed by atoms with van der Waals surface area (Å²) in [6.07, 6.45) is 6.28. The first kappa shape index (κ1) is 15.0. The van der Waals surface area contributed by atoms with Crippen LogP contribution in [0.3, 0.4) is 0 Å². The molecular weight excluding hydrogens is 268 g/mol. The van der Waals surface area contributed by atoms with Crippen molar-refractivity contribution in [2.24, 2.45) is 0 Å². The summed E-state index contributed by atoms with van der Waals surface area (Å²) >= 11 is 0. The molecule has 21 heavy (non-hydrogen) atoms. The van der Waals surface area contributed by atoms with Crippen molar-refractivity contribution in [2.45, 2.75) is 26.3 Å². The van der Waals surface area contributed by atoms with Crippen molar-refractivity contribution in [2.75, 3.05) is 6.61 Å². The minimum absolute atomic E-state index is 0.140. The number of aryl methyl sites for hydroxylation is 1. The Morgan fingerprint density at radius 3 is 2.95 bits per heavy atom. The Morgan fingerprint density at radius 1 is 1.33 bits per heavy atom. The van der Waals surface area contributed by atoms with E-state index in [9.17, 15) is 9.59 Å². The third-order valence-corrected chi connectivity index (χ3v) is 3.03. The Bertz CT molecular complexity index is 704. The molecule has 0 atom stereocenters. The summed E-state index contributed by atoms with van der Waals surface area (Å²) < 4.78 is 6.47. The van der Waals surface area contributed by atoms with Crippen molar-refractivity contribution in [1.82, 2.24) is 9.55 Å². The number of aromatic nitrogens is 2. The largest absolute Gasteiger partial charge is 0.461 e. The van der Waals surface area contributed by atoms with E-state index < -0.39 is 0 Å². The van der Waals surface area contributed by atoms with Crippen LogP contribution in [0.15, 0.2) is 47.5 Å². The van der Waals surface area contributed by atoms with Gasteiger partial charge in [-0.1, -0.05) is 31.2 Å². The molecule has 0 N–H and O–H groups in total. The molecule has 1 heterocycles. The molecule has 5 nitrogen and oxygen atoms in total. The van der Waals surface area contributed by atoms with Gasteiger partial charge in [-0.25, -0.2) is 4.98 Å². The van der Waals surface area contributed by atoms with Gasteiger partial charge in [0.05, 0.1) is 23.7 Å². The summed E-state index contributed by atoms with van der Waals surface area (Å²) in [4.78, 5) is 28.0. The van der Waals surface area contributed by atoms with Gasteiger partial charge in [-0.15, -0.1) is 0 Å². The monoisotopic (exact) mass is 286 g/mol. The van der Waals surface area contributed by atoms with Gasteiger partial charge in [0.2, 0.25) is 0 Å². The van der Waals surface area contributed by atoms with Crippen molar-refractivity contribution < 1.29 is 9.53 Å². The quantitative estimate of drug-likeness (QED) is 0.604. The van der Waals surface area contributed by atoms with Crippen LogP contribution < -0.4 is 5.56 Å². The Hall–Kier alpha value is -2.43. The Kier molecular flexibility index (Phi) is 5.26. The van der Waals surface area contributed by atoms with Gasteiger partial charge in [0.15, 0.2) is 0 Å². The first-order valence-corrected chi connectivity index (χ1v) is 6.97. The number of nitrogens with zero attached hydrogens (tertiary/aromatic N) is 2. The van der Waals surface area contributed by atoms with Gasteiger partial charge in [-0.2, -0.15) is 0 Å². The number of ether oxygens (including phenoxy) is 1. The number of esters is 1. The van der Waals surface area contributed by atoms with Crippen molar-refractivity contribution >= 4 is 16.9 Å². The predicted molar refractivity (Wildman–Crippen MR) is 81.0 cm³/mol. The standard InChI is InChI=1S/C16H18N2O3/c1-2-3-6-11-21-15(19)9-10-18-12-17-14-8-5-4-7-13(14)16(18)20/h3-8,12H,2,9-11H2,1H3. The zero-order valence-electron chi connectivity index (χ0n) is 12.0. The number of hydrogen-bond acceptors (Lipinski definition) is 4. The lowest BCUT2D eigenvalue weighted by atomic mass is 10.2. The molecule has 0 amide bonds. The number of hydrogen-bond donors (Lipinski definition) is 0. The predicted octanol–water partition coefficient (Wildman–Crippen LogP) is 2.30. The van der Waals surface area contributed by atoms with Gasteiger partial charge in [0, 0.05) is 6.54 Å². The number of allylic oxidation sites excluding steroid dienone is 1. The van der Waals surface area contributed by atoms with Gasteiger partial charge in [0.25, 0.3) is 5.56 Å². The average molecular weight is 286 g/mol. The van der Waals surface area contributed by atoms with Crippen LogP contribution in [0.5, 0.6) is 0 Å². The van der Waals surface area contributed by atoms with Gasteiger partial charge in [-0.05, 0) is 18.6 Å². The van der Waals surface area contributed by atoms with E-state index in [0.29, 0.717) is 10.9 Å². The molecule has 0 aliphatic rings. The zero-order valence-corrected chi connectivity index (χ0v) is 12.0. The molecule has 5 heteroatoms. The number of para-hydroxylation sites is 1. The molecule has 0 saturated carbocycles. The minimum atomic E-state index is -0.323. The molecule has 0 unspecified atom stereocenters. The fourth-order valence-corrected chi connectivity index (χ4v) is 1.93. The van der Waals surface area contributed by atoms with Crippen molar-refractivity contribution in [3.05, 3.63) is 53.1 Å². The first-order chi connectivity index (χ1) is 10.2. The smallest absolute Gasteiger partial charge is 0.307 e. The van der Waals surface area contributed by atoms with E-state index in [4.69, 9.17) is 4.74 Å². The van der Waals surface area contributed by atoms with Gasteiger partial charge in [0.1, 0.15) is 6.61 Å². The molecule has 2 aromatic rings. The van der Waals surface area contributed by atoms with Crippen LogP contribution in [0, 0.1) is 0 Å². The van der Waals surface area contributed by atoms with E-state index in [-0.39, 0.29) is 31.1 Å². The summed E-state index contributed by atoms with van der Waals surface area (Å²) in [5.74, 6) is -0.323. The maximum absolute atomic E-state index is 12.2. The highest BCUT2D eigenvalue weighted by molar-refractivity contribution is 5.77. The van der Waals surface area contributed by atoms with E-state index in [2.05, 4.69) is 4.98 Å². The fraction of sp³-hybridized carbons (Fsp3) is 0.312. The highest BCUT2D eigenvalue weighted by atomic mass is 16.5. The van der Waals surface area contributed by atoms with Crippen LogP contribution in [-0.4, -0.2) is 22.1 Å². The second-order valence-electron chi connectivity index (χ2n) is 4.57. The van der Waals surface area contributed by atoms with Gasteiger partial charge in [-0.3, -0.25) is 14.2 Å². The number of carbonyl (C=O) groups excluding carboxylic acids is 1. The molecular formula is C16H18N2O3. The van der Waals surface area contributed by atoms with E-state index in [1.807, 2.05) is 25.1 Å². The van der Waals surface area contributed by atoms with Crippen LogP contribution in [0.1, 0.15) is 19.8 Å². The highest BCUT2D eigenvalue weighted by Gasteiger charge is 2.06. The van der Waals surface area contributed by atoms with Crippen molar-refractivity contribution in [3.8, 4) is 0 Å². The summed E-state index contributed by atoms with van der Waals surface area (Å²) in [5, 5.41) is 0.555. The summed E-state index contributed by atoms with van der Waals surface area (Å²) in [6.45, 7) is 2.56. The molecule has 0 saturated heterocycles. The molecule has 1 aromatic carbocycles. The number of rotatable bonds is 6. The number of fused-ring (bicyclic) bond motifs is 1. The Balaban J connectivity index is 1.97. The van der Waals surface area contributed by atoms with E-state index >= 15 is 0 Å². The first-order valence-electron chi connectivity index (χ1n) is 6.97. The van der Waals surface area contributed by atoms with E-state index in [0.717, 1.165) is 6.42 Å². The lowest BCUT2D eigenvalue weighted by Gasteiger charge is -2.06. The lowest BCUT2D eigenvalue weighted by Crippen LogP contribution is -2.22. The normalized spacial score (nSPS) is 11.1. The second-order valence-corrected chi connectivity index (χ2v) is 4.57. The van der Waals surface area contributed by atoms with Crippen LogP contribution in [-0.2, 0) is 16.1 Å². The molecule has 0 spiro atoms. The summed E-state index contributed by atoms with van der Waals surface area (Å²) in [7, 11) is 0. The SMILES string of the molecule is CCC=CCOC(=O)CCn1cnc2ccccc2c1=O. The maximum Gasteiger partial charge on any atom is 0.307 e. The van der Waals surface area contributed by atoms with Crippen LogP contribution >= 0.6 is 0 Å². The third kappa shape index (κ3) is 4.02. The molecule has 0 bridgehead atoms. The Morgan fingerprint density at radius 2 is 2.14 bits per heavy atom. The van der Waals surface area contributed by atoms with E-state index in [1.165, 1.54) is 10.9 Å². The molecule has 0 aliphatic heterocycles. The number of carbonyl (C=O) groups is 1. The summed E-state index contributed by atoms with van der Waals surface area (Å²) in [6, 6.07) is 7.15.